The summed E-state index contributed by atoms with van der Waals surface area (Å²) < 4.78 is 10.7. The molecule has 0 saturated heterocycles. The predicted molar refractivity (Wildman–Crippen MR) is 104 cm³/mol. The quantitative estimate of drug-likeness (QED) is 0.749. The van der Waals surface area contributed by atoms with Crippen molar-refractivity contribution in [2.24, 2.45) is 5.92 Å². The minimum absolute atomic E-state index is 0.191. The first-order valence-electron chi connectivity index (χ1n) is 8.66. The molecule has 0 fully saturated rings. The highest BCUT2D eigenvalue weighted by molar-refractivity contribution is 6.30. The number of fused-ring (bicyclic) bond motifs is 1. The highest BCUT2D eigenvalue weighted by Gasteiger charge is 2.28. The van der Waals surface area contributed by atoms with E-state index in [9.17, 15) is 14.4 Å². The molecule has 0 saturated carbocycles. The van der Waals surface area contributed by atoms with Gasteiger partial charge in [-0.25, -0.2) is 0 Å². The fourth-order valence-corrected chi connectivity index (χ4v) is 3.01. The Labute approximate surface area is 167 Å². The molecule has 2 aromatic rings. The van der Waals surface area contributed by atoms with Gasteiger partial charge in [0, 0.05) is 23.3 Å². The fraction of sp³-hybridized carbons (Fsp3) is 0.250. The number of hydrogen-bond acceptors (Lipinski definition) is 5. The van der Waals surface area contributed by atoms with E-state index in [1.54, 1.807) is 42.5 Å². The number of nitrogens with one attached hydrogen (secondary N) is 2. The molecule has 7 nitrogen and oxygen atoms in total. The Morgan fingerprint density at radius 3 is 2.64 bits per heavy atom. The van der Waals surface area contributed by atoms with Gasteiger partial charge in [-0.2, -0.15) is 0 Å². The monoisotopic (exact) mass is 402 g/mol. The minimum atomic E-state index is -0.504. The zero-order valence-electron chi connectivity index (χ0n) is 15.2. The Kier molecular flexibility index (Phi) is 6.16. The van der Waals surface area contributed by atoms with E-state index < -0.39 is 24.4 Å². The second-order valence-electron chi connectivity index (χ2n) is 6.28. The van der Waals surface area contributed by atoms with E-state index in [-0.39, 0.29) is 12.5 Å². The molecular formula is C20H19ClN2O5. The van der Waals surface area contributed by atoms with Crippen LogP contribution in [0.25, 0.3) is 0 Å². The van der Waals surface area contributed by atoms with Crippen LogP contribution in [0.1, 0.15) is 15.9 Å². The second kappa shape index (κ2) is 8.75. The molecule has 1 aliphatic rings. The van der Waals surface area contributed by atoms with Crippen LogP contribution in [-0.2, 0) is 20.7 Å². The summed E-state index contributed by atoms with van der Waals surface area (Å²) in [6.45, 7) is -0.217. The lowest BCUT2D eigenvalue weighted by Gasteiger charge is -2.24. The van der Waals surface area contributed by atoms with Gasteiger partial charge in [-0.05, 0) is 54.4 Å². The third kappa shape index (κ3) is 4.80. The second-order valence-corrected chi connectivity index (χ2v) is 6.71. The first-order chi connectivity index (χ1) is 13.5. The van der Waals surface area contributed by atoms with Crippen LogP contribution < -0.4 is 15.4 Å². The number of carbonyl (C=O) groups excluding carboxylic acids is 3. The summed E-state index contributed by atoms with van der Waals surface area (Å²) in [6.07, 6.45) is 0.442. The standard InChI is InChI=1S/C20H19ClN2O5/c1-22-19(25)12-2-5-16(6-3-12)23-18(24)11-28-20(26)14-8-13-9-15(21)4-7-17(13)27-10-14/h2-7,9,14H,8,10-11H2,1H3,(H,22,25)(H,23,24). The van der Waals surface area contributed by atoms with Crippen molar-refractivity contribution >= 4 is 35.1 Å². The number of esters is 1. The topological polar surface area (TPSA) is 93.7 Å². The Balaban J connectivity index is 1.49. The summed E-state index contributed by atoms with van der Waals surface area (Å²) >= 11 is 5.97. The SMILES string of the molecule is CNC(=O)c1ccc(NC(=O)COC(=O)C2COc3ccc(Cl)cc3C2)cc1. The van der Waals surface area contributed by atoms with Crippen LogP contribution in [0.4, 0.5) is 5.69 Å². The Morgan fingerprint density at radius 2 is 1.93 bits per heavy atom. The van der Waals surface area contributed by atoms with Crippen LogP contribution in [0.15, 0.2) is 42.5 Å². The zero-order valence-corrected chi connectivity index (χ0v) is 15.9. The van der Waals surface area contributed by atoms with Crippen LogP contribution in [0.2, 0.25) is 5.02 Å². The van der Waals surface area contributed by atoms with Crippen LogP contribution in [0.3, 0.4) is 0 Å². The third-order valence-corrected chi connectivity index (χ3v) is 4.50. The van der Waals surface area contributed by atoms with Crippen molar-refractivity contribution < 1.29 is 23.9 Å². The van der Waals surface area contributed by atoms with Crippen LogP contribution in [0, 0.1) is 5.92 Å². The molecular weight excluding hydrogens is 384 g/mol. The molecule has 146 valence electrons. The molecule has 1 unspecified atom stereocenters. The number of anilines is 1. The van der Waals surface area contributed by atoms with Crippen molar-refractivity contribution in [3.8, 4) is 5.75 Å². The van der Waals surface area contributed by atoms with Crippen molar-refractivity contribution in [3.05, 3.63) is 58.6 Å². The van der Waals surface area contributed by atoms with Gasteiger partial charge in [0.05, 0.1) is 5.92 Å². The molecule has 3 rings (SSSR count). The van der Waals surface area contributed by atoms with Gasteiger partial charge in [-0.3, -0.25) is 14.4 Å². The largest absolute Gasteiger partial charge is 0.492 e. The number of rotatable bonds is 5. The summed E-state index contributed by atoms with van der Waals surface area (Å²) in [5, 5.41) is 5.69. The van der Waals surface area contributed by atoms with Crippen molar-refractivity contribution in [1.29, 1.82) is 0 Å². The van der Waals surface area contributed by atoms with Crippen LogP contribution in [0.5, 0.6) is 5.75 Å². The molecule has 1 aliphatic heterocycles. The highest BCUT2D eigenvalue weighted by atomic mass is 35.5. The number of halogens is 1. The van der Waals surface area contributed by atoms with Gasteiger partial charge in [0.2, 0.25) is 0 Å². The number of amides is 2. The van der Waals surface area contributed by atoms with E-state index in [2.05, 4.69) is 10.6 Å². The molecule has 0 bridgehead atoms. The van der Waals surface area contributed by atoms with E-state index in [1.165, 1.54) is 7.05 Å². The molecule has 1 atom stereocenters. The van der Waals surface area contributed by atoms with E-state index in [4.69, 9.17) is 21.1 Å². The molecule has 2 N–H and O–H groups in total. The molecule has 1 heterocycles. The molecule has 0 radical (unpaired) electrons. The number of hydrogen-bond donors (Lipinski definition) is 2. The van der Waals surface area contributed by atoms with Gasteiger partial charge in [-0.15, -0.1) is 0 Å². The first-order valence-corrected chi connectivity index (χ1v) is 9.04. The van der Waals surface area contributed by atoms with E-state index in [1.807, 2.05) is 0 Å². The minimum Gasteiger partial charge on any atom is -0.492 e. The zero-order chi connectivity index (χ0) is 20.1. The maximum absolute atomic E-state index is 12.2. The number of benzene rings is 2. The van der Waals surface area contributed by atoms with Crippen molar-refractivity contribution in [2.45, 2.75) is 6.42 Å². The number of carbonyl (C=O) groups is 3. The van der Waals surface area contributed by atoms with Gasteiger partial charge < -0.3 is 20.1 Å². The maximum Gasteiger partial charge on any atom is 0.313 e. The fourth-order valence-electron chi connectivity index (χ4n) is 2.82. The summed E-state index contributed by atoms with van der Waals surface area (Å²) in [5.74, 6) is -0.988. The lowest BCUT2D eigenvalue weighted by Crippen LogP contribution is -2.32. The van der Waals surface area contributed by atoms with Crippen LogP contribution in [-0.4, -0.2) is 38.0 Å². The summed E-state index contributed by atoms with van der Waals surface area (Å²) in [6, 6.07) is 11.6. The normalized spacial score (nSPS) is 15.0. The molecule has 0 aliphatic carbocycles. The molecule has 28 heavy (non-hydrogen) atoms. The average Bonchev–Trinajstić information content (AvgIpc) is 2.71. The smallest absolute Gasteiger partial charge is 0.313 e. The molecule has 2 amide bonds. The van der Waals surface area contributed by atoms with Gasteiger partial charge >= 0.3 is 5.97 Å². The van der Waals surface area contributed by atoms with E-state index in [0.717, 1.165) is 5.56 Å². The predicted octanol–water partition coefficient (Wildman–Crippen LogP) is 2.43. The maximum atomic E-state index is 12.2. The summed E-state index contributed by atoms with van der Waals surface area (Å²) in [4.78, 5) is 35.7. The Hall–Kier alpha value is -3.06. The van der Waals surface area contributed by atoms with Crippen LogP contribution >= 0.6 is 11.6 Å². The van der Waals surface area contributed by atoms with Gasteiger partial charge in [0.1, 0.15) is 12.4 Å². The first kappa shape index (κ1) is 19.7. The average molecular weight is 403 g/mol. The Morgan fingerprint density at radius 1 is 1.18 bits per heavy atom. The molecule has 0 spiro atoms. The highest BCUT2D eigenvalue weighted by Crippen LogP contribution is 2.30. The molecule has 0 aromatic heterocycles. The lowest BCUT2D eigenvalue weighted by molar-refractivity contribution is -0.152. The van der Waals surface area contributed by atoms with Gasteiger partial charge in [0.25, 0.3) is 11.8 Å². The lowest BCUT2D eigenvalue weighted by atomic mass is 9.97. The van der Waals surface area contributed by atoms with Gasteiger partial charge in [-0.1, -0.05) is 11.6 Å². The molecule has 8 heteroatoms. The Bertz CT molecular complexity index is 898. The van der Waals surface area contributed by atoms with E-state index >= 15 is 0 Å². The van der Waals surface area contributed by atoms with Crippen molar-refractivity contribution in [3.63, 3.8) is 0 Å². The third-order valence-electron chi connectivity index (χ3n) is 4.27. The molecule has 2 aromatic carbocycles. The van der Waals surface area contributed by atoms with E-state index in [0.29, 0.717) is 28.4 Å². The van der Waals surface area contributed by atoms with Crippen molar-refractivity contribution in [1.82, 2.24) is 5.32 Å². The van der Waals surface area contributed by atoms with Gasteiger partial charge in [0.15, 0.2) is 6.61 Å². The summed E-state index contributed by atoms with van der Waals surface area (Å²) in [5.41, 5.74) is 1.81. The summed E-state index contributed by atoms with van der Waals surface area (Å²) in [7, 11) is 1.54. The van der Waals surface area contributed by atoms with Crippen molar-refractivity contribution in [2.75, 3.05) is 25.6 Å². The number of ether oxygens (including phenoxy) is 2.